The molecule has 0 unspecified atom stereocenters. The maximum Gasteiger partial charge on any atom is 0.123 e. The van der Waals surface area contributed by atoms with Crippen molar-refractivity contribution in [3.05, 3.63) is 144 Å². The van der Waals surface area contributed by atoms with E-state index in [1.54, 1.807) is 23.3 Å². The predicted octanol–water partition coefficient (Wildman–Crippen LogP) is 10.1. The standard InChI is InChI=1S/2C11H11.2C6H5FO.C2H6Si.Zr/c2*1-2-9-7-10-5-3-4-6-11(10)8-9;2*7-5-1-3-6(8)4-2-5;1-3-2;/h2*3-8H,2H2,1H3;2*1-4,8H;1-2H3;/q2*-1;;;;+2. The number of halogens is 2. The third kappa shape index (κ3) is 13.5. The van der Waals surface area contributed by atoms with E-state index in [-0.39, 0.29) is 28.6 Å². The van der Waals surface area contributed by atoms with Crippen LogP contribution in [0.2, 0.25) is 13.1 Å². The van der Waals surface area contributed by atoms with Crippen molar-refractivity contribution in [1.82, 2.24) is 0 Å². The predicted molar refractivity (Wildman–Crippen MR) is 171 cm³/mol. The van der Waals surface area contributed by atoms with Crippen LogP contribution in [-0.4, -0.2) is 15.6 Å². The van der Waals surface area contributed by atoms with Gasteiger partial charge in [0.25, 0.3) is 0 Å². The van der Waals surface area contributed by atoms with Gasteiger partial charge in [0.15, 0.2) is 0 Å². The number of rotatable bonds is 2. The minimum absolute atomic E-state index is 0.0893. The molecule has 0 radical (unpaired) electrons. The van der Waals surface area contributed by atoms with Crippen LogP contribution in [0, 0.1) is 11.6 Å². The number of aromatic hydroxyl groups is 2. The Kier molecular flexibility index (Phi) is 15.7. The van der Waals surface area contributed by atoms with E-state index in [0.717, 1.165) is 12.8 Å². The van der Waals surface area contributed by atoms with Gasteiger partial charge in [-0.05, 0) is 61.4 Å². The Morgan fingerprint density at radius 2 is 0.905 bits per heavy atom. The minimum atomic E-state index is -0.331. The summed E-state index contributed by atoms with van der Waals surface area (Å²) >= 11 is 1.74. The van der Waals surface area contributed by atoms with Crippen LogP contribution in [0.4, 0.5) is 8.78 Å². The Balaban J connectivity index is 0.000000190. The van der Waals surface area contributed by atoms with Crippen LogP contribution >= 0.6 is 0 Å². The normalized spacial score (nSPS) is 9.71. The Hall–Kier alpha value is -3.34. The van der Waals surface area contributed by atoms with Crippen LogP contribution in [0.15, 0.2) is 121 Å². The SMILES string of the molecule is CCc1cc2ccccc2[cH-]1.CCc1cc2ccccc2[cH-]1.C[Si](C)=[Zr+2].Oc1ccc(F)cc1.Oc1ccc(F)cc1. The molecule has 0 bridgehead atoms. The molecule has 0 saturated heterocycles. The molecule has 6 aromatic carbocycles. The molecule has 6 heteroatoms. The van der Waals surface area contributed by atoms with E-state index in [9.17, 15) is 8.78 Å². The van der Waals surface area contributed by atoms with Gasteiger partial charge >= 0.3 is 41.9 Å². The second kappa shape index (κ2) is 19.0. The topological polar surface area (TPSA) is 40.5 Å². The van der Waals surface area contributed by atoms with Gasteiger partial charge in [-0.2, -0.15) is 12.1 Å². The first-order chi connectivity index (χ1) is 20.1. The molecule has 0 aliphatic heterocycles. The third-order valence-corrected chi connectivity index (χ3v) is 5.83. The van der Waals surface area contributed by atoms with Crippen molar-refractivity contribution in [2.24, 2.45) is 0 Å². The molecule has 0 saturated carbocycles. The van der Waals surface area contributed by atoms with Crippen molar-refractivity contribution >= 4 is 27.0 Å². The average molecular weight is 660 g/mol. The van der Waals surface area contributed by atoms with Gasteiger partial charge in [0.1, 0.15) is 23.1 Å². The second-order valence-corrected chi connectivity index (χ2v) is 19.0. The van der Waals surface area contributed by atoms with E-state index < -0.39 is 0 Å². The van der Waals surface area contributed by atoms with Crippen molar-refractivity contribution in [3.63, 3.8) is 0 Å². The van der Waals surface area contributed by atoms with Gasteiger partial charge in [-0.3, -0.25) is 0 Å². The molecule has 0 atom stereocenters. The van der Waals surface area contributed by atoms with Crippen molar-refractivity contribution in [3.8, 4) is 11.5 Å². The molecule has 0 heterocycles. The van der Waals surface area contributed by atoms with Gasteiger partial charge in [0.2, 0.25) is 0 Å². The summed E-state index contributed by atoms with van der Waals surface area (Å²) in [5.41, 5.74) is 3.08. The van der Waals surface area contributed by atoms with E-state index in [0.29, 0.717) is 0 Å². The fraction of sp³-hybridized carbons (Fsp3) is 0.167. The van der Waals surface area contributed by atoms with Crippen LogP contribution in [0.3, 0.4) is 0 Å². The minimum Gasteiger partial charge on any atom is -0.508 e. The van der Waals surface area contributed by atoms with Crippen LogP contribution in [0.1, 0.15) is 25.0 Å². The number of phenolic OH excluding ortho intramolecular Hbond substituents is 2. The smallest absolute Gasteiger partial charge is 0.123 e. The van der Waals surface area contributed by atoms with Gasteiger partial charge in [-0.15, -0.1) is 81.2 Å². The van der Waals surface area contributed by atoms with Crippen molar-refractivity contribution in [2.45, 2.75) is 39.8 Å². The van der Waals surface area contributed by atoms with E-state index in [2.05, 4.69) is 99.7 Å². The molecule has 0 amide bonds. The quantitative estimate of drug-likeness (QED) is 0.144. The Bertz CT molecular complexity index is 1390. The third-order valence-electron chi connectivity index (χ3n) is 5.83. The average Bonchev–Trinajstić information content (AvgIpc) is 3.61. The molecular weight excluding hydrogens is 622 g/mol. The van der Waals surface area contributed by atoms with E-state index in [1.165, 1.54) is 81.2 Å². The van der Waals surface area contributed by atoms with Crippen LogP contribution in [0.5, 0.6) is 11.5 Å². The van der Waals surface area contributed by atoms with Gasteiger partial charge < -0.3 is 10.2 Å². The maximum absolute atomic E-state index is 12.0. The number of phenols is 2. The zero-order chi connectivity index (χ0) is 30.9. The summed E-state index contributed by atoms with van der Waals surface area (Å²) in [7, 11) is 0. The van der Waals surface area contributed by atoms with Crippen LogP contribution < -0.4 is 0 Å². The summed E-state index contributed by atoms with van der Waals surface area (Å²) in [5.74, 6) is -0.483. The molecule has 216 valence electrons. The molecule has 6 aromatic rings. The number of hydrogen-bond acceptors (Lipinski definition) is 2. The van der Waals surface area contributed by atoms with Crippen LogP contribution in [-0.2, 0) is 36.2 Å². The Morgan fingerprint density at radius 3 is 1.17 bits per heavy atom. The number of benzene rings is 4. The van der Waals surface area contributed by atoms with Gasteiger partial charge in [0, 0.05) is 0 Å². The summed E-state index contributed by atoms with van der Waals surface area (Å²) in [5, 5.41) is 22.6. The molecule has 0 aliphatic carbocycles. The molecular formula is C36H38F2O2SiZr. The van der Waals surface area contributed by atoms with Gasteiger partial charge in [-0.25, -0.2) is 8.78 Å². The Morgan fingerprint density at radius 1 is 0.595 bits per heavy atom. The monoisotopic (exact) mass is 658 g/mol. The zero-order valence-electron chi connectivity index (χ0n) is 24.6. The molecule has 42 heavy (non-hydrogen) atoms. The first-order valence-corrected chi connectivity index (χ1v) is 20.0. The first-order valence-electron chi connectivity index (χ1n) is 13.8. The fourth-order valence-electron chi connectivity index (χ4n) is 3.72. The molecule has 0 fully saturated rings. The summed E-state index contributed by atoms with van der Waals surface area (Å²) in [6, 6.07) is 36.0. The number of hydrogen-bond donors (Lipinski definition) is 2. The Labute approximate surface area is 263 Å². The van der Waals surface area contributed by atoms with Crippen LogP contribution in [0.25, 0.3) is 21.5 Å². The molecule has 2 nitrogen and oxygen atoms in total. The summed E-state index contributed by atoms with van der Waals surface area (Å²) in [6.07, 6.45) is 2.27. The largest absolute Gasteiger partial charge is 0.508 e. The first kappa shape index (κ1) is 34.9. The fourth-order valence-corrected chi connectivity index (χ4v) is 3.72. The van der Waals surface area contributed by atoms with Crippen molar-refractivity contribution < 1.29 is 42.3 Å². The van der Waals surface area contributed by atoms with E-state index in [4.69, 9.17) is 10.2 Å². The van der Waals surface area contributed by atoms with Crippen molar-refractivity contribution in [2.75, 3.05) is 0 Å². The van der Waals surface area contributed by atoms with Gasteiger partial charge in [-0.1, -0.05) is 26.0 Å². The summed E-state index contributed by atoms with van der Waals surface area (Å²) in [4.78, 5) is 0. The number of fused-ring (bicyclic) bond motifs is 2. The van der Waals surface area contributed by atoms with Crippen molar-refractivity contribution in [1.29, 1.82) is 0 Å². The second-order valence-electron chi connectivity index (χ2n) is 9.64. The molecule has 2 N–H and O–H groups in total. The molecule has 0 aliphatic rings. The summed E-state index contributed by atoms with van der Waals surface area (Å²) in [6.45, 7) is 8.99. The van der Waals surface area contributed by atoms with E-state index >= 15 is 0 Å². The zero-order valence-corrected chi connectivity index (χ0v) is 28.1. The molecule has 0 aromatic heterocycles. The maximum atomic E-state index is 12.0. The molecule has 0 spiro atoms. The number of aryl methyl sites for hydroxylation is 2. The summed E-state index contributed by atoms with van der Waals surface area (Å²) < 4.78 is 24.0. The molecule has 6 rings (SSSR count). The van der Waals surface area contributed by atoms with E-state index in [1.807, 2.05) is 0 Å². The van der Waals surface area contributed by atoms with Gasteiger partial charge in [0.05, 0.1) is 0 Å².